The summed E-state index contributed by atoms with van der Waals surface area (Å²) in [5.41, 5.74) is 0. The number of piperidine rings is 1. The van der Waals surface area contributed by atoms with Crippen LogP contribution in [0.2, 0.25) is 0 Å². The van der Waals surface area contributed by atoms with Gasteiger partial charge in [-0.3, -0.25) is 4.99 Å². The van der Waals surface area contributed by atoms with Crippen molar-refractivity contribution >= 4 is 36.0 Å². The Labute approximate surface area is 175 Å². The van der Waals surface area contributed by atoms with Crippen LogP contribution in [0.25, 0.3) is 0 Å². The quantitative estimate of drug-likeness (QED) is 0.263. The average molecular weight is 480 g/mol. The lowest BCUT2D eigenvalue weighted by molar-refractivity contribution is 0.0963. The molecule has 1 aliphatic heterocycles. The van der Waals surface area contributed by atoms with Crippen molar-refractivity contribution in [2.45, 2.75) is 70.8 Å². The molecule has 2 fully saturated rings. The molecular weight excluding hydrogens is 443 g/mol. The van der Waals surface area contributed by atoms with Gasteiger partial charge in [-0.25, -0.2) is 4.79 Å². The molecule has 152 valence electrons. The van der Waals surface area contributed by atoms with Crippen LogP contribution in [-0.4, -0.2) is 56.3 Å². The smallest absolute Gasteiger partial charge is 0.409 e. The molecule has 0 unspecified atom stereocenters. The molecular formula is C19H37IN4O2. The molecule has 0 bridgehead atoms. The van der Waals surface area contributed by atoms with Gasteiger partial charge in [-0.1, -0.05) is 32.1 Å². The fourth-order valence-corrected chi connectivity index (χ4v) is 3.88. The van der Waals surface area contributed by atoms with Crippen molar-refractivity contribution in [2.75, 3.05) is 33.3 Å². The van der Waals surface area contributed by atoms with Crippen LogP contribution in [0.15, 0.2) is 4.99 Å². The lowest BCUT2D eigenvalue weighted by atomic mass is 9.86. The Morgan fingerprint density at radius 1 is 1.15 bits per heavy atom. The number of hydrogen-bond donors (Lipinski definition) is 2. The van der Waals surface area contributed by atoms with Gasteiger partial charge in [-0.2, -0.15) is 0 Å². The summed E-state index contributed by atoms with van der Waals surface area (Å²) >= 11 is 0. The molecule has 2 rings (SSSR count). The monoisotopic (exact) mass is 480 g/mol. The SMILES string of the molecule is CCOC(=O)N1CCC(NC(=NC)NCCCC2CCCCC2)CC1.I. The van der Waals surface area contributed by atoms with E-state index in [-0.39, 0.29) is 30.1 Å². The van der Waals surface area contributed by atoms with Crippen molar-refractivity contribution in [3.8, 4) is 0 Å². The highest BCUT2D eigenvalue weighted by Gasteiger charge is 2.24. The zero-order chi connectivity index (χ0) is 17.9. The van der Waals surface area contributed by atoms with Crippen LogP contribution in [0.1, 0.15) is 64.7 Å². The number of ether oxygens (including phenoxy) is 1. The Bertz CT molecular complexity index is 420. The van der Waals surface area contributed by atoms with Gasteiger partial charge in [0.25, 0.3) is 0 Å². The van der Waals surface area contributed by atoms with Crippen molar-refractivity contribution in [1.82, 2.24) is 15.5 Å². The van der Waals surface area contributed by atoms with Crippen molar-refractivity contribution in [2.24, 2.45) is 10.9 Å². The zero-order valence-electron chi connectivity index (χ0n) is 16.5. The van der Waals surface area contributed by atoms with Gasteiger partial charge in [-0.15, -0.1) is 24.0 Å². The van der Waals surface area contributed by atoms with E-state index in [9.17, 15) is 4.79 Å². The van der Waals surface area contributed by atoms with E-state index in [1.54, 1.807) is 4.90 Å². The van der Waals surface area contributed by atoms with Crippen molar-refractivity contribution in [3.05, 3.63) is 0 Å². The van der Waals surface area contributed by atoms with Crippen LogP contribution in [-0.2, 0) is 4.74 Å². The van der Waals surface area contributed by atoms with E-state index in [0.29, 0.717) is 12.6 Å². The lowest BCUT2D eigenvalue weighted by Crippen LogP contribution is -2.50. The first-order chi connectivity index (χ1) is 12.2. The molecule has 7 heteroatoms. The number of guanidine groups is 1. The highest BCUT2D eigenvalue weighted by atomic mass is 127. The molecule has 1 aliphatic carbocycles. The third-order valence-electron chi connectivity index (χ3n) is 5.39. The molecule has 1 saturated carbocycles. The Hall–Kier alpha value is -0.730. The molecule has 1 saturated heterocycles. The standard InChI is InChI=1S/C19H36N4O2.HI/c1-3-25-19(24)23-14-11-17(12-15-23)22-18(20-2)21-13-7-10-16-8-5-4-6-9-16;/h16-17H,3-15H2,1-2H3,(H2,20,21,22);1H. The van der Waals surface area contributed by atoms with Crippen LogP contribution < -0.4 is 10.6 Å². The average Bonchev–Trinajstić information content (AvgIpc) is 2.65. The molecule has 0 aromatic heterocycles. The fraction of sp³-hybridized carbons (Fsp3) is 0.895. The number of carbonyl (C=O) groups excluding carboxylic acids is 1. The van der Waals surface area contributed by atoms with Gasteiger partial charge in [0, 0.05) is 32.7 Å². The molecule has 26 heavy (non-hydrogen) atoms. The van der Waals surface area contributed by atoms with Gasteiger partial charge < -0.3 is 20.3 Å². The molecule has 2 N–H and O–H groups in total. The number of rotatable bonds is 6. The number of carbonyl (C=O) groups is 1. The Morgan fingerprint density at radius 3 is 2.46 bits per heavy atom. The maximum atomic E-state index is 11.7. The lowest BCUT2D eigenvalue weighted by Gasteiger charge is -2.32. The van der Waals surface area contributed by atoms with E-state index >= 15 is 0 Å². The minimum Gasteiger partial charge on any atom is -0.450 e. The highest BCUT2D eigenvalue weighted by Crippen LogP contribution is 2.26. The van der Waals surface area contributed by atoms with Gasteiger partial charge >= 0.3 is 6.09 Å². The Balaban J connectivity index is 0.00000338. The first-order valence-corrected chi connectivity index (χ1v) is 10.1. The molecule has 6 nitrogen and oxygen atoms in total. The molecule has 2 aliphatic rings. The topological polar surface area (TPSA) is 66.0 Å². The summed E-state index contributed by atoms with van der Waals surface area (Å²) in [7, 11) is 1.82. The largest absolute Gasteiger partial charge is 0.450 e. The maximum Gasteiger partial charge on any atom is 0.409 e. The third-order valence-corrected chi connectivity index (χ3v) is 5.39. The second-order valence-corrected chi connectivity index (χ2v) is 7.25. The normalized spacial score (nSPS) is 19.6. The van der Waals surface area contributed by atoms with Crippen LogP contribution in [0.4, 0.5) is 4.79 Å². The summed E-state index contributed by atoms with van der Waals surface area (Å²) in [6, 6.07) is 0.371. The summed E-state index contributed by atoms with van der Waals surface area (Å²) < 4.78 is 5.06. The number of nitrogens with zero attached hydrogens (tertiary/aromatic N) is 2. The molecule has 0 aromatic rings. The highest BCUT2D eigenvalue weighted by molar-refractivity contribution is 14.0. The predicted molar refractivity (Wildman–Crippen MR) is 117 cm³/mol. The number of hydrogen-bond acceptors (Lipinski definition) is 3. The molecule has 0 aromatic carbocycles. The predicted octanol–water partition coefficient (Wildman–Crippen LogP) is 3.75. The van der Waals surface area contributed by atoms with Gasteiger partial charge in [0.1, 0.15) is 0 Å². The van der Waals surface area contributed by atoms with Gasteiger partial charge in [0.15, 0.2) is 5.96 Å². The first kappa shape index (κ1) is 23.3. The van der Waals surface area contributed by atoms with Crippen LogP contribution in [0, 0.1) is 5.92 Å². The van der Waals surface area contributed by atoms with Gasteiger partial charge in [0.05, 0.1) is 6.61 Å². The van der Waals surface area contributed by atoms with E-state index in [1.165, 1.54) is 44.9 Å². The number of halogens is 1. The molecule has 0 radical (unpaired) electrons. The van der Waals surface area contributed by atoms with Gasteiger partial charge in [-0.05, 0) is 38.5 Å². The van der Waals surface area contributed by atoms with Crippen LogP contribution in [0.5, 0.6) is 0 Å². The molecule has 1 heterocycles. The van der Waals surface area contributed by atoms with Crippen LogP contribution in [0.3, 0.4) is 0 Å². The third kappa shape index (κ3) is 8.31. The first-order valence-electron chi connectivity index (χ1n) is 10.1. The van der Waals surface area contributed by atoms with E-state index in [4.69, 9.17) is 4.74 Å². The summed E-state index contributed by atoms with van der Waals surface area (Å²) in [6.45, 7) is 4.76. The van der Waals surface area contributed by atoms with E-state index in [1.807, 2.05) is 14.0 Å². The van der Waals surface area contributed by atoms with Gasteiger partial charge in [0.2, 0.25) is 0 Å². The second-order valence-electron chi connectivity index (χ2n) is 7.25. The van der Waals surface area contributed by atoms with Crippen molar-refractivity contribution in [3.63, 3.8) is 0 Å². The number of nitrogens with one attached hydrogen (secondary N) is 2. The number of likely N-dealkylation sites (tertiary alicyclic amines) is 1. The minimum absolute atomic E-state index is 0. The molecule has 0 spiro atoms. The second kappa shape index (κ2) is 13.4. The van der Waals surface area contributed by atoms with Crippen LogP contribution >= 0.6 is 24.0 Å². The fourth-order valence-electron chi connectivity index (χ4n) is 3.88. The maximum absolute atomic E-state index is 11.7. The van der Waals surface area contributed by atoms with Crippen molar-refractivity contribution in [1.29, 1.82) is 0 Å². The summed E-state index contributed by atoms with van der Waals surface area (Å²) in [6.07, 6.45) is 11.3. The number of aliphatic imine (C=N–C) groups is 1. The Morgan fingerprint density at radius 2 is 1.85 bits per heavy atom. The van der Waals surface area contributed by atoms with Crippen molar-refractivity contribution < 1.29 is 9.53 Å². The summed E-state index contributed by atoms with van der Waals surface area (Å²) in [5.74, 6) is 1.83. The summed E-state index contributed by atoms with van der Waals surface area (Å²) in [4.78, 5) is 17.9. The number of amides is 1. The van der Waals surface area contributed by atoms with E-state index in [2.05, 4.69) is 15.6 Å². The molecule has 1 amide bonds. The van der Waals surface area contributed by atoms with E-state index in [0.717, 1.165) is 44.4 Å². The van der Waals surface area contributed by atoms with E-state index < -0.39 is 0 Å². The molecule has 0 atom stereocenters. The Kier molecular flexibility index (Phi) is 12.0. The minimum atomic E-state index is -0.189. The zero-order valence-corrected chi connectivity index (χ0v) is 18.8. The summed E-state index contributed by atoms with van der Waals surface area (Å²) in [5, 5.41) is 6.94.